The first-order chi connectivity index (χ1) is 10.2. The summed E-state index contributed by atoms with van der Waals surface area (Å²) >= 11 is 0. The molecule has 1 aromatic heterocycles. The summed E-state index contributed by atoms with van der Waals surface area (Å²) < 4.78 is 27.7. The van der Waals surface area contributed by atoms with E-state index in [9.17, 15) is 8.78 Å². The summed E-state index contributed by atoms with van der Waals surface area (Å²) in [6, 6.07) is 6.29. The second-order valence-electron chi connectivity index (χ2n) is 5.61. The number of nitrogens with one attached hydrogen (secondary N) is 1. The van der Waals surface area contributed by atoms with Gasteiger partial charge in [-0.2, -0.15) is 0 Å². The highest BCUT2D eigenvalue weighted by atomic mass is 19.1. The maximum Gasteiger partial charge on any atom is 0.149 e. The van der Waals surface area contributed by atoms with Crippen LogP contribution < -0.4 is 5.32 Å². The van der Waals surface area contributed by atoms with Crippen LogP contribution in [0, 0.1) is 17.6 Å². The molecule has 0 saturated carbocycles. The van der Waals surface area contributed by atoms with E-state index in [2.05, 4.69) is 22.5 Å². The number of anilines is 1. The maximum absolute atomic E-state index is 14.1. The summed E-state index contributed by atoms with van der Waals surface area (Å²) in [5.74, 6) is -0.706. The molecular weight excluding hydrogens is 270 g/mol. The van der Waals surface area contributed by atoms with Crippen molar-refractivity contribution in [3.05, 3.63) is 71.6 Å². The van der Waals surface area contributed by atoms with Gasteiger partial charge in [0, 0.05) is 24.4 Å². The minimum absolute atomic E-state index is 0.0143. The van der Waals surface area contributed by atoms with E-state index in [1.54, 1.807) is 12.4 Å². The molecule has 1 aliphatic heterocycles. The highest BCUT2D eigenvalue weighted by Crippen LogP contribution is 2.50. The van der Waals surface area contributed by atoms with Gasteiger partial charge in [0.15, 0.2) is 0 Å². The number of hydrogen-bond donors (Lipinski definition) is 1. The third-order valence-electron chi connectivity index (χ3n) is 4.45. The average Bonchev–Trinajstić information content (AvgIpc) is 2.97. The monoisotopic (exact) mass is 284 g/mol. The Morgan fingerprint density at radius 2 is 1.95 bits per heavy atom. The van der Waals surface area contributed by atoms with E-state index in [0.717, 1.165) is 23.6 Å². The molecular formula is C17H14F2N2. The smallest absolute Gasteiger partial charge is 0.149 e. The number of benzene rings is 1. The molecule has 0 unspecified atom stereocenters. The Balaban J connectivity index is 1.84. The molecule has 2 aliphatic rings. The summed E-state index contributed by atoms with van der Waals surface area (Å²) in [4.78, 5) is 4.03. The number of hydrogen-bond acceptors (Lipinski definition) is 2. The normalized spacial score (nSPS) is 26.1. The predicted octanol–water partition coefficient (Wildman–Crippen LogP) is 4.19. The van der Waals surface area contributed by atoms with Crippen LogP contribution >= 0.6 is 0 Å². The van der Waals surface area contributed by atoms with Crippen LogP contribution in [0.2, 0.25) is 0 Å². The number of rotatable bonds is 1. The molecule has 2 nitrogen and oxygen atoms in total. The molecule has 21 heavy (non-hydrogen) atoms. The van der Waals surface area contributed by atoms with Crippen molar-refractivity contribution in [1.29, 1.82) is 0 Å². The predicted molar refractivity (Wildman–Crippen MR) is 76.9 cm³/mol. The Labute approximate surface area is 121 Å². The zero-order valence-corrected chi connectivity index (χ0v) is 11.3. The van der Waals surface area contributed by atoms with Crippen LogP contribution in [-0.4, -0.2) is 4.98 Å². The number of pyridine rings is 1. The van der Waals surface area contributed by atoms with E-state index < -0.39 is 11.6 Å². The van der Waals surface area contributed by atoms with Crippen molar-refractivity contribution in [3.8, 4) is 0 Å². The zero-order chi connectivity index (χ0) is 14.4. The first-order valence-electron chi connectivity index (χ1n) is 7.06. The molecule has 4 heteroatoms. The fourth-order valence-electron chi connectivity index (χ4n) is 3.52. The minimum atomic E-state index is -0.525. The Hall–Kier alpha value is -2.23. The molecule has 2 aromatic rings. The van der Waals surface area contributed by atoms with E-state index in [1.165, 1.54) is 6.07 Å². The second-order valence-corrected chi connectivity index (χ2v) is 5.61. The third-order valence-corrected chi connectivity index (χ3v) is 4.45. The fraction of sp³-hybridized carbons (Fsp3) is 0.235. The lowest BCUT2D eigenvalue weighted by atomic mass is 9.77. The standard InChI is InChI=1S/C17H14F2N2/c18-11-8-14-12-2-1-3-13(12)16(10-4-6-20-7-5-10)21-17(14)15(19)9-11/h1-2,4-9,12-13,16,21H,3H2/t12-,13+,16+/m0/s1. The van der Waals surface area contributed by atoms with Gasteiger partial charge in [-0.25, -0.2) is 8.78 Å². The molecule has 106 valence electrons. The van der Waals surface area contributed by atoms with Crippen LogP contribution in [0.5, 0.6) is 0 Å². The van der Waals surface area contributed by atoms with E-state index in [-0.39, 0.29) is 17.9 Å². The number of allylic oxidation sites excluding steroid dienone is 2. The van der Waals surface area contributed by atoms with Crippen molar-refractivity contribution in [1.82, 2.24) is 4.98 Å². The highest BCUT2D eigenvalue weighted by Gasteiger charge is 2.39. The summed E-state index contributed by atoms with van der Waals surface area (Å²) in [7, 11) is 0. The molecule has 2 heterocycles. The molecule has 1 aromatic carbocycles. The van der Waals surface area contributed by atoms with Crippen molar-refractivity contribution in [2.45, 2.75) is 18.4 Å². The number of fused-ring (bicyclic) bond motifs is 3. The highest BCUT2D eigenvalue weighted by molar-refractivity contribution is 5.60. The fourth-order valence-corrected chi connectivity index (χ4v) is 3.52. The largest absolute Gasteiger partial charge is 0.375 e. The lowest BCUT2D eigenvalue weighted by Crippen LogP contribution is -2.29. The molecule has 0 spiro atoms. The van der Waals surface area contributed by atoms with Gasteiger partial charge in [0.2, 0.25) is 0 Å². The second kappa shape index (κ2) is 4.65. The number of halogens is 2. The van der Waals surface area contributed by atoms with Crippen LogP contribution in [-0.2, 0) is 0 Å². The Bertz CT molecular complexity index is 712. The van der Waals surface area contributed by atoms with Crippen molar-refractivity contribution in [2.24, 2.45) is 5.92 Å². The Morgan fingerprint density at radius 1 is 1.14 bits per heavy atom. The summed E-state index contributed by atoms with van der Waals surface area (Å²) in [5, 5.41) is 3.27. The molecule has 1 N–H and O–H groups in total. The van der Waals surface area contributed by atoms with Crippen molar-refractivity contribution in [2.75, 3.05) is 5.32 Å². The topological polar surface area (TPSA) is 24.9 Å². The lowest BCUT2D eigenvalue weighted by Gasteiger charge is -2.37. The van der Waals surface area contributed by atoms with Gasteiger partial charge in [-0.1, -0.05) is 12.2 Å². The van der Waals surface area contributed by atoms with Crippen LogP contribution in [0.4, 0.5) is 14.5 Å². The van der Waals surface area contributed by atoms with Gasteiger partial charge in [-0.05, 0) is 41.7 Å². The third kappa shape index (κ3) is 1.94. The Kier molecular flexibility index (Phi) is 2.77. The van der Waals surface area contributed by atoms with Crippen LogP contribution in [0.25, 0.3) is 0 Å². The van der Waals surface area contributed by atoms with Crippen molar-refractivity contribution < 1.29 is 8.78 Å². The van der Waals surface area contributed by atoms with Gasteiger partial charge < -0.3 is 5.32 Å². The molecule has 0 radical (unpaired) electrons. The van der Waals surface area contributed by atoms with Crippen LogP contribution in [0.1, 0.15) is 29.5 Å². The van der Waals surface area contributed by atoms with Gasteiger partial charge in [0.1, 0.15) is 11.6 Å². The van der Waals surface area contributed by atoms with Gasteiger partial charge in [0.25, 0.3) is 0 Å². The quantitative estimate of drug-likeness (QED) is 0.794. The van der Waals surface area contributed by atoms with Gasteiger partial charge in [0.05, 0.1) is 11.7 Å². The SMILES string of the molecule is Fc1cc(F)c2c(c1)[C@H]1C=CC[C@H]1[C@@H](c1ccncc1)N2. The Morgan fingerprint density at radius 3 is 2.76 bits per heavy atom. The molecule has 0 fully saturated rings. The summed E-state index contributed by atoms with van der Waals surface area (Å²) in [6.07, 6.45) is 8.55. The first-order valence-corrected chi connectivity index (χ1v) is 7.06. The van der Waals surface area contributed by atoms with E-state index in [4.69, 9.17) is 0 Å². The van der Waals surface area contributed by atoms with Crippen LogP contribution in [0.3, 0.4) is 0 Å². The zero-order valence-electron chi connectivity index (χ0n) is 11.3. The van der Waals surface area contributed by atoms with Crippen molar-refractivity contribution in [3.63, 3.8) is 0 Å². The van der Waals surface area contributed by atoms with Crippen LogP contribution in [0.15, 0.2) is 48.8 Å². The van der Waals surface area contributed by atoms with E-state index >= 15 is 0 Å². The summed E-state index contributed by atoms with van der Waals surface area (Å²) in [5.41, 5.74) is 2.22. The maximum atomic E-state index is 14.1. The lowest BCUT2D eigenvalue weighted by molar-refractivity contribution is 0.418. The van der Waals surface area contributed by atoms with E-state index in [1.807, 2.05) is 12.1 Å². The van der Waals surface area contributed by atoms with Gasteiger partial charge >= 0.3 is 0 Å². The molecule has 0 bridgehead atoms. The molecule has 0 amide bonds. The summed E-state index contributed by atoms with van der Waals surface area (Å²) in [6.45, 7) is 0. The van der Waals surface area contributed by atoms with E-state index in [0.29, 0.717) is 5.69 Å². The van der Waals surface area contributed by atoms with Gasteiger partial charge in [-0.3, -0.25) is 4.98 Å². The van der Waals surface area contributed by atoms with Gasteiger partial charge in [-0.15, -0.1) is 0 Å². The minimum Gasteiger partial charge on any atom is -0.375 e. The number of aromatic nitrogens is 1. The number of nitrogens with zero attached hydrogens (tertiary/aromatic N) is 1. The molecule has 0 saturated heterocycles. The molecule has 3 atom stereocenters. The average molecular weight is 284 g/mol. The molecule has 1 aliphatic carbocycles. The van der Waals surface area contributed by atoms with Crippen molar-refractivity contribution >= 4 is 5.69 Å². The molecule has 4 rings (SSSR count). The first kappa shape index (κ1) is 12.5.